The minimum absolute atomic E-state index is 0. The number of rotatable bonds is 8. The molecule has 0 bridgehead atoms. The van der Waals surface area contributed by atoms with E-state index in [-0.39, 0.29) is 6.15 Å². The van der Waals surface area contributed by atoms with Gasteiger partial charge in [0.1, 0.15) is 0 Å². The first-order valence-electron chi connectivity index (χ1n) is 4.75. The summed E-state index contributed by atoms with van der Waals surface area (Å²) in [5.41, 5.74) is 0. The van der Waals surface area contributed by atoms with Crippen LogP contribution < -0.4 is 6.15 Å². The molecule has 0 aromatic carbocycles. The van der Waals surface area contributed by atoms with Crippen molar-refractivity contribution in [3.8, 4) is 0 Å². The molecule has 0 aliphatic rings. The van der Waals surface area contributed by atoms with E-state index in [1.165, 1.54) is 25.7 Å². The van der Waals surface area contributed by atoms with Crippen LogP contribution in [0.15, 0.2) is 0 Å². The Morgan fingerprint density at radius 1 is 1.00 bits per heavy atom. The van der Waals surface area contributed by atoms with Gasteiger partial charge in [-0.3, -0.25) is 0 Å². The number of unbranched alkanes of at least 4 members (excludes halogenated alkanes) is 5. The fraction of sp³-hybridized carbons (Fsp3) is 1.00. The van der Waals surface area contributed by atoms with Gasteiger partial charge in [0.2, 0.25) is 0 Å². The third kappa shape index (κ3) is 14.7. The van der Waals surface area contributed by atoms with Crippen molar-refractivity contribution in [1.82, 2.24) is 6.15 Å². The molecular weight excluding hydrogens is 169 g/mol. The molecule has 0 aliphatic heterocycles. The molecule has 0 saturated heterocycles. The van der Waals surface area contributed by atoms with Crippen molar-refractivity contribution in [3.63, 3.8) is 0 Å². The average Bonchev–Trinajstić information content (AvgIpc) is 2.02. The molecule has 80 valence electrons. The SMILES string of the molecule is CCCCCCCCOB(O)O.N. The van der Waals surface area contributed by atoms with Gasteiger partial charge in [-0.25, -0.2) is 0 Å². The second-order valence-electron chi connectivity index (χ2n) is 2.96. The maximum absolute atomic E-state index is 8.33. The Hall–Kier alpha value is -0.0951. The van der Waals surface area contributed by atoms with E-state index in [2.05, 4.69) is 11.6 Å². The molecule has 0 amide bonds. The molecule has 13 heavy (non-hydrogen) atoms. The predicted molar refractivity (Wildman–Crippen MR) is 54.5 cm³/mol. The Kier molecular flexibility index (Phi) is 14.1. The Bertz CT molecular complexity index is 93.5. The predicted octanol–water partition coefficient (Wildman–Crippen LogP) is 1.49. The second-order valence-corrected chi connectivity index (χ2v) is 2.96. The lowest BCUT2D eigenvalue weighted by atomic mass is 10.1. The summed E-state index contributed by atoms with van der Waals surface area (Å²) in [6.45, 7) is 2.63. The molecule has 0 saturated carbocycles. The average molecular weight is 191 g/mol. The molecule has 0 heterocycles. The van der Waals surface area contributed by atoms with E-state index in [9.17, 15) is 0 Å². The van der Waals surface area contributed by atoms with Crippen LogP contribution in [0.5, 0.6) is 0 Å². The van der Waals surface area contributed by atoms with Crippen molar-refractivity contribution in [1.29, 1.82) is 0 Å². The van der Waals surface area contributed by atoms with Gasteiger partial charge < -0.3 is 20.9 Å². The van der Waals surface area contributed by atoms with Crippen molar-refractivity contribution in [3.05, 3.63) is 0 Å². The monoisotopic (exact) mass is 191 g/mol. The van der Waals surface area contributed by atoms with E-state index < -0.39 is 7.32 Å². The van der Waals surface area contributed by atoms with Crippen LogP contribution in [0.3, 0.4) is 0 Å². The zero-order chi connectivity index (χ0) is 9.23. The van der Waals surface area contributed by atoms with E-state index in [4.69, 9.17) is 10.0 Å². The van der Waals surface area contributed by atoms with E-state index in [0.29, 0.717) is 6.61 Å². The highest BCUT2D eigenvalue weighted by Gasteiger charge is 2.06. The largest absolute Gasteiger partial charge is 0.633 e. The fourth-order valence-corrected chi connectivity index (χ4v) is 1.07. The molecule has 5 heteroatoms. The van der Waals surface area contributed by atoms with Crippen LogP contribution >= 0.6 is 0 Å². The molecule has 0 fully saturated rings. The van der Waals surface area contributed by atoms with Gasteiger partial charge in [0, 0.05) is 6.61 Å². The minimum Gasteiger partial charge on any atom is -0.402 e. The van der Waals surface area contributed by atoms with Gasteiger partial charge in [-0.15, -0.1) is 0 Å². The summed E-state index contributed by atoms with van der Waals surface area (Å²) in [6, 6.07) is 0. The third-order valence-corrected chi connectivity index (χ3v) is 1.76. The summed E-state index contributed by atoms with van der Waals surface area (Å²) in [5.74, 6) is 0. The van der Waals surface area contributed by atoms with Crippen LogP contribution in [0.2, 0.25) is 0 Å². The van der Waals surface area contributed by atoms with Crippen LogP contribution in [0.25, 0.3) is 0 Å². The quantitative estimate of drug-likeness (QED) is 0.400. The van der Waals surface area contributed by atoms with Crippen LogP contribution in [0, 0.1) is 0 Å². The van der Waals surface area contributed by atoms with Crippen molar-refractivity contribution >= 4 is 7.32 Å². The van der Waals surface area contributed by atoms with Gasteiger partial charge in [-0.2, -0.15) is 0 Å². The second kappa shape index (κ2) is 11.9. The third-order valence-electron chi connectivity index (χ3n) is 1.76. The van der Waals surface area contributed by atoms with Crippen LogP contribution in [-0.4, -0.2) is 24.0 Å². The molecule has 0 aromatic rings. The zero-order valence-corrected chi connectivity index (χ0v) is 8.54. The lowest BCUT2D eigenvalue weighted by Gasteiger charge is -2.01. The zero-order valence-electron chi connectivity index (χ0n) is 8.54. The van der Waals surface area contributed by atoms with E-state index in [1.807, 2.05) is 0 Å². The van der Waals surface area contributed by atoms with Gasteiger partial charge in [0.05, 0.1) is 0 Å². The van der Waals surface area contributed by atoms with Crippen LogP contribution in [0.1, 0.15) is 45.4 Å². The Morgan fingerprint density at radius 3 is 2.08 bits per heavy atom. The normalized spacial score (nSPS) is 9.46. The Labute approximate surface area is 81.1 Å². The molecule has 0 unspecified atom stereocenters. The number of hydrogen-bond donors (Lipinski definition) is 3. The molecule has 0 atom stereocenters. The highest BCUT2D eigenvalue weighted by molar-refractivity contribution is 6.32. The molecule has 0 radical (unpaired) electrons. The summed E-state index contributed by atoms with van der Waals surface area (Å²) < 4.78 is 4.56. The topological polar surface area (TPSA) is 84.7 Å². The Morgan fingerprint density at radius 2 is 1.54 bits per heavy atom. The number of hydrogen-bond acceptors (Lipinski definition) is 4. The minimum atomic E-state index is -1.60. The van der Waals surface area contributed by atoms with Gasteiger partial charge in [0.25, 0.3) is 0 Å². The summed E-state index contributed by atoms with van der Waals surface area (Å²) in [7, 11) is -1.60. The van der Waals surface area contributed by atoms with Crippen LogP contribution in [-0.2, 0) is 4.65 Å². The fourth-order valence-electron chi connectivity index (χ4n) is 1.07. The van der Waals surface area contributed by atoms with Crippen LogP contribution in [0.4, 0.5) is 0 Å². The van der Waals surface area contributed by atoms with E-state index in [1.54, 1.807) is 0 Å². The van der Waals surface area contributed by atoms with E-state index in [0.717, 1.165) is 12.8 Å². The summed E-state index contributed by atoms with van der Waals surface area (Å²) in [5, 5.41) is 16.7. The lowest BCUT2D eigenvalue weighted by Crippen LogP contribution is -2.17. The lowest BCUT2D eigenvalue weighted by molar-refractivity contribution is 0.182. The van der Waals surface area contributed by atoms with Crippen molar-refractivity contribution < 1.29 is 14.7 Å². The first-order chi connectivity index (χ1) is 5.77. The van der Waals surface area contributed by atoms with Gasteiger partial charge >= 0.3 is 7.32 Å². The van der Waals surface area contributed by atoms with Gasteiger partial charge in [-0.1, -0.05) is 39.0 Å². The summed E-state index contributed by atoms with van der Waals surface area (Å²) in [6.07, 6.45) is 7.08. The van der Waals surface area contributed by atoms with Gasteiger partial charge in [0.15, 0.2) is 0 Å². The molecule has 0 aliphatic carbocycles. The highest BCUT2D eigenvalue weighted by atomic mass is 16.6. The summed E-state index contributed by atoms with van der Waals surface area (Å²) in [4.78, 5) is 0. The first kappa shape index (κ1) is 15.4. The maximum Gasteiger partial charge on any atom is 0.633 e. The van der Waals surface area contributed by atoms with Crippen molar-refractivity contribution in [2.24, 2.45) is 0 Å². The molecule has 0 rings (SSSR count). The smallest absolute Gasteiger partial charge is 0.402 e. The molecule has 0 aromatic heterocycles. The maximum atomic E-state index is 8.33. The van der Waals surface area contributed by atoms with Gasteiger partial charge in [-0.05, 0) is 6.42 Å². The summed E-state index contributed by atoms with van der Waals surface area (Å²) >= 11 is 0. The van der Waals surface area contributed by atoms with E-state index >= 15 is 0 Å². The first-order valence-corrected chi connectivity index (χ1v) is 4.75. The molecule has 5 N–H and O–H groups in total. The molecular formula is C8H22BNO3. The van der Waals surface area contributed by atoms with Crippen molar-refractivity contribution in [2.45, 2.75) is 45.4 Å². The standard InChI is InChI=1S/C8H19BO3.H3N/c1-2-3-4-5-6-7-8-12-9(10)11;/h10-11H,2-8H2,1H3;1H3. The highest BCUT2D eigenvalue weighted by Crippen LogP contribution is 2.04. The Balaban J connectivity index is 0. The van der Waals surface area contributed by atoms with Crippen molar-refractivity contribution in [2.75, 3.05) is 6.61 Å². The molecule has 0 spiro atoms. The molecule has 4 nitrogen and oxygen atoms in total.